The number of hydrogen-bond donors (Lipinski definition) is 1. The molecule has 2 aromatic rings. The number of sulfonamides is 2. The van der Waals surface area contributed by atoms with Gasteiger partial charge < -0.3 is 0 Å². The number of nitrogens with one attached hydrogen (secondary N) is 1. The molecule has 0 aromatic heterocycles. The standard InChI is InChI=1S/C19H23FN2O4S2/c1-3-10-27(23,24)22-9-8-15-4-5-17(12-16(15)13-22)21-28(25,26)18-6-7-19(20)14(2)11-18/h4-7,11-12,21H,3,8-10,13H2,1-2H3. The lowest BCUT2D eigenvalue weighted by Gasteiger charge is -2.28. The first-order valence-electron chi connectivity index (χ1n) is 9.01. The van der Waals surface area contributed by atoms with Crippen molar-refractivity contribution >= 4 is 25.7 Å². The summed E-state index contributed by atoms with van der Waals surface area (Å²) in [5.74, 6) is -0.375. The van der Waals surface area contributed by atoms with Crippen molar-refractivity contribution in [3.8, 4) is 0 Å². The van der Waals surface area contributed by atoms with E-state index in [2.05, 4.69) is 4.72 Å². The van der Waals surface area contributed by atoms with Gasteiger partial charge in [0.05, 0.1) is 10.6 Å². The highest BCUT2D eigenvalue weighted by atomic mass is 32.2. The largest absolute Gasteiger partial charge is 0.280 e. The van der Waals surface area contributed by atoms with Crippen LogP contribution in [-0.2, 0) is 33.0 Å². The van der Waals surface area contributed by atoms with Crippen LogP contribution in [0.5, 0.6) is 0 Å². The zero-order valence-electron chi connectivity index (χ0n) is 15.8. The molecule has 1 N–H and O–H groups in total. The number of fused-ring (bicyclic) bond motifs is 1. The smallest absolute Gasteiger partial charge is 0.261 e. The quantitative estimate of drug-likeness (QED) is 0.770. The number of nitrogens with zero attached hydrogens (tertiary/aromatic N) is 1. The highest BCUT2D eigenvalue weighted by Gasteiger charge is 2.26. The Labute approximate surface area is 165 Å². The lowest BCUT2D eigenvalue weighted by atomic mass is 10.0. The van der Waals surface area contributed by atoms with E-state index in [4.69, 9.17) is 0 Å². The molecule has 28 heavy (non-hydrogen) atoms. The van der Waals surface area contributed by atoms with Crippen LogP contribution in [0.25, 0.3) is 0 Å². The van der Waals surface area contributed by atoms with E-state index < -0.39 is 25.9 Å². The van der Waals surface area contributed by atoms with Crippen LogP contribution in [0, 0.1) is 12.7 Å². The molecule has 0 fully saturated rings. The van der Waals surface area contributed by atoms with Gasteiger partial charge in [-0.25, -0.2) is 21.2 Å². The van der Waals surface area contributed by atoms with Gasteiger partial charge in [-0.15, -0.1) is 0 Å². The second-order valence-corrected chi connectivity index (χ2v) is 10.7. The van der Waals surface area contributed by atoms with Crippen molar-refractivity contribution in [1.29, 1.82) is 0 Å². The molecule has 0 saturated carbocycles. The zero-order valence-corrected chi connectivity index (χ0v) is 17.4. The Morgan fingerprint density at radius 1 is 1.07 bits per heavy atom. The van der Waals surface area contributed by atoms with Gasteiger partial charge in [0.25, 0.3) is 10.0 Å². The first kappa shape index (κ1) is 20.8. The SMILES string of the molecule is CCCS(=O)(=O)N1CCc2ccc(NS(=O)(=O)c3ccc(F)c(C)c3)cc2C1. The highest BCUT2D eigenvalue weighted by Crippen LogP contribution is 2.26. The molecule has 152 valence electrons. The van der Waals surface area contributed by atoms with Gasteiger partial charge in [-0.05, 0) is 66.8 Å². The van der Waals surface area contributed by atoms with Gasteiger partial charge in [0, 0.05) is 18.8 Å². The Bertz CT molecular complexity index is 1100. The van der Waals surface area contributed by atoms with E-state index in [1.807, 2.05) is 13.0 Å². The molecular formula is C19H23FN2O4S2. The van der Waals surface area contributed by atoms with E-state index in [1.54, 1.807) is 12.1 Å². The van der Waals surface area contributed by atoms with Crippen molar-refractivity contribution in [2.45, 2.75) is 38.1 Å². The molecule has 2 aromatic carbocycles. The Hall–Kier alpha value is -1.97. The summed E-state index contributed by atoms with van der Waals surface area (Å²) in [6.07, 6.45) is 1.13. The maximum absolute atomic E-state index is 13.4. The molecule has 6 nitrogen and oxygen atoms in total. The Morgan fingerprint density at radius 2 is 1.82 bits per heavy atom. The van der Waals surface area contributed by atoms with Crippen LogP contribution in [-0.4, -0.2) is 33.4 Å². The molecule has 1 aliphatic rings. The van der Waals surface area contributed by atoms with Crippen molar-refractivity contribution in [3.63, 3.8) is 0 Å². The fourth-order valence-corrected chi connectivity index (χ4v) is 5.83. The molecule has 0 aliphatic carbocycles. The van der Waals surface area contributed by atoms with E-state index >= 15 is 0 Å². The predicted molar refractivity (Wildman–Crippen MR) is 107 cm³/mol. The van der Waals surface area contributed by atoms with Gasteiger partial charge in [0.2, 0.25) is 10.0 Å². The van der Waals surface area contributed by atoms with Gasteiger partial charge >= 0.3 is 0 Å². The van der Waals surface area contributed by atoms with E-state index in [1.165, 1.54) is 23.4 Å². The molecule has 1 aliphatic heterocycles. The lowest BCUT2D eigenvalue weighted by Crippen LogP contribution is -2.37. The van der Waals surface area contributed by atoms with Gasteiger partial charge in [0.15, 0.2) is 0 Å². The van der Waals surface area contributed by atoms with Gasteiger partial charge in [0.1, 0.15) is 5.82 Å². The van der Waals surface area contributed by atoms with Crippen LogP contribution in [0.15, 0.2) is 41.3 Å². The van der Waals surface area contributed by atoms with Crippen LogP contribution < -0.4 is 4.72 Å². The Kier molecular flexibility index (Phi) is 5.79. The maximum Gasteiger partial charge on any atom is 0.261 e. The van der Waals surface area contributed by atoms with Crippen LogP contribution in [0.2, 0.25) is 0 Å². The third-order valence-electron chi connectivity index (χ3n) is 4.73. The number of rotatable bonds is 6. The summed E-state index contributed by atoms with van der Waals surface area (Å²) in [4.78, 5) is -0.0312. The van der Waals surface area contributed by atoms with Crippen molar-refractivity contribution in [2.75, 3.05) is 17.0 Å². The second-order valence-electron chi connectivity index (χ2n) is 6.90. The minimum atomic E-state index is -3.88. The predicted octanol–water partition coefficient (Wildman–Crippen LogP) is 3.03. The fraction of sp³-hybridized carbons (Fsp3) is 0.368. The minimum Gasteiger partial charge on any atom is -0.280 e. The number of aryl methyl sites for hydroxylation is 1. The molecule has 0 unspecified atom stereocenters. The third kappa shape index (κ3) is 4.37. The topological polar surface area (TPSA) is 83.6 Å². The average Bonchev–Trinajstić information content (AvgIpc) is 2.63. The van der Waals surface area contributed by atoms with E-state index in [0.29, 0.717) is 25.1 Å². The maximum atomic E-state index is 13.4. The number of hydrogen-bond acceptors (Lipinski definition) is 4. The number of halogens is 1. The summed E-state index contributed by atoms with van der Waals surface area (Å²) in [5.41, 5.74) is 2.37. The molecule has 1 heterocycles. The fourth-order valence-electron chi connectivity index (χ4n) is 3.22. The van der Waals surface area contributed by atoms with Gasteiger partial charge in [-0.2, -0.15) is 4.31 Å². The first-order valence-corrected chi connectivity index (χ1v) is 12.1. The highest BCUT2D eigenvalue weighted by molar-refractivity contribution is 7.92. The molecular weight excluding hydrogens is 403 g/mol. The molecule has 9 heteroatoms. The zero-order chi connectivity index (χ0) is 20.5. The van der Waals surface area contributed by atoms with Crippen LogP contribution in [0.1, 0.15) is 30.0 Å². The molecule has 0 radical (unpaired) electrons. The normalized spacial score (nSPS) is 15.2. The first-order chi connectivity index (χ1) is 13.1. The van der Waals surface area contributed by atoms with Crippen molar-refractivity contribution in [1.82, 2.24) is 4.31 Å². The van der Waals surface area contributed by atoms with Crippen LogP contribution >= 0.6 is 0 Å². The van der Waals surface area contributed by atoms with Crippen LogP contribution in [0.3, 0.4) is 0 Å². The number of benzene rings is 2. The molecule has 0 saturated heterocycles. The molecule has 0 bridgehead atoms. The summed E-state index contributed by atoms with van der Waals surface area (Å²) in [5, 5.41) is 0. The Morgan fingerprint density at radius 3 is 2.50 bits per heavy atom. The van der Waals surface area contributed by atoms with Crippen molar-refractivity contribution < 1.29 is 21.2 Å². The van der Waals surface area contributed by atoms with Crippen LogP contribution in [0.4, 0.5) is 10.1 Å². The summed E-state index contributed by atoms with van der Waals surface area (Å²) in [7, 11) is -7.19. The summed E-state index contributed by atoms with van der Waals surface area (Å²) >= 11 is 0. The number of anilines is 1. The minimum absolute atomic E-state index is 0.0312. The summed E-state index contributed by atoms with van der Waals surface area (Å²) in [6, 6.07) is 8.73. The molecule has 0 spiro atoms. The lowest BCUT2D eigenvalue weighted by molar-refractivity contribution is 0.391. The average molecular weight is 427 g/mol. The van der Waals surface area contributed by atoms with E-state index in [9.17, 15) is 21.2 Å². The van der Waals surface area contributed by atoms with E-state index in [0.717, 1.165) is 17.2 Å². The van der Waals surface area contributed by atoms with Gasteiger partial charge in [-0.3, -0.25) is 4.72 Å². The van der Waals surface area contributed by atoms with Crippen molar-refractivity contribution in [3.05, 3.63) is 58.9 Å². The van der Waals surface area contributed by atoms with E-state index in [-0.39, 0.29) is 22.8 Å². The van der Waals surface area contributed by atoms with Crippen molar-refractivity contribution in [2.24, 2.45) is 0 Å². The monoisotopic (exact) mass is 426 g/mol. The third-order valence-corrected chi connectivity index (χ3v) is 8.13. The van der Waals surface area contributed by atoms with Gasteiger partial charge in [-0.1, -0.05) is 13.0 Å². The Balaban J connectivity index is 1.85. The summed E-state index contributed by atoms with van der Waals surface area (Å²) < 4.78 is 67.2. The second kappa shape index (κ2) is 7.81. The summed E-state index contributed by atoms with van der Waals surface area (Å²) in [6.45, 7) is 3.97. The molecule has 0 amide bonds. The molecule has 3 rings (SSSR count). The molecule has 0 atom stereocenters.